The molecular formula is C54H69F5N8O11. The van der Waals surface area contributed by atoms with Crippen LogP contribution in [0.15, 0.2) is 55.0 Å². The molecule has 3 aromatic rings. The molecule has 2 aromatic heterocycles. The number of carbonyl (C=O) groups excluding carboxylic acids is 6. The molecule has 7 rings (SSSR count). The van der Waals surface area contributed by atoms with Crippen molar-refractivity contribution in [2.45, 2.75) is 108 Å². The van der Waals surface area contributed by atoms with E-state index >= 15 is 4.39 Å². The van der Waals surface area contributed by atoms with E-state index in [0.717, 1.165) is 62.6 Å². The van der Waals surface area contributed by atoms with Gasteiger partial charge in [0, 0.05) is 106 Å². The van der Waals surface area contributed by atoms with Gasteiger partial charge in [-0.1, -0.05) is 19.1 Å². The molecule has 1 aromatic carbocycles. The van der Waals surface area contributed by atoms with Crippen LogP contribution in [0.2, 0.25) is 0 Å². The molecule has 6 atom stereocenters. The third-order valence-corrected chi connectivity index (χ3v) is 15.4. The standard InChI is InChI=1S/C54H69F5N8O11/c1-31-44(48(78-53(31,2)54(57,58)59)52(73)66-36-13-17-62-41(26-36)49(60)70)38-11-12-40(55)45(56)47(38)77-23-22-74-19-5-16-63-50(71)35-24-37(25-35)65-42(68)14-20-75-29-32-7-9-33(10-8-32)30-76-21-18-64-51(72)39-27-43(69)67(3)46(39)34-6-4-15-61-28-34/h4,6,11-13,15,17,26,28,31-33,35,37,39,44,46,48H,5,7-10,14,16,18-25,27,29-30H2,1-3H3,(H2,60,70)(H,63,71)(H,64,72)(H,65,68)(H,62,66,73)/t31-,32?,33?,35?,37?,39-,44-,46+,48+,53+/m0/s1. The van der Waals surface area contributed by atoms with Crippen LogP contribution in [0.4, 0.5) is 27.6 Å². The van der Waals surface area contributed by atoms with Gasteiger partial charge in [0.2, 0.25) is 29.4 Å². The summed E-state index contributed by atoms with van der Waals surface area (Å²) >= 11 is 0. The van der Waals surface area contributed by atoms with Crippen LogP contribution in [0.3, 0.4) is 0 Å². The Hall–Kier alpha value is -6.37. The number of hydrogen-bond acceptors (Lipinski definition) is 13. The molecule has 2 saturated carbocycles. The van der Waals surface area contributed by atoms with Gasteiger partial charge in [-0.3, -0.25) is 38.7 Å². The number of amides is 6. The highest BCUT2D eigenvalue weighted by molar-refractivity contribution is 5.97. The quantitative estimate of drug-likeness (QED) is 0.0507. The van der Waals surface area contributed by atoms with Crippen molar-refractivity contribution in [3.63, 3.8) is 0 Å². The predicted octanol–water partition coefficient (Wildman–Crippen LogP) is 5.29. The summed E-state index contributed by atoms with van der Waals surface area (Å²) in [5.74, 6) is -9.02. The minimum Gasteiger partial charge on any atom is -0.488 e. The number of pyridine rings is 2. The maximum Gasteiger partial charge on any atom is 0.417 e. The Bertz CT molecular complexity index is 2570. The first-order valence-corrected chi connectivity index (χ1v) is 26.4. The summed E-state index contributed by atoms with van der Waals surface area (Å²) in [7, 11) is 1.71. The van der Waals surface area contributed by atoms with Crippen molar-refractivity contribution in [1.29, 1.82) is 0 Å². The monoisotopic (exact) mass is 1100 g/mol. The molecule has 2 aliphatic carbocycles. The van der Waals surface area contributed by atoms with Gasteiger partial charge in [0.1, 0.15) is 18.4 Å². The molecule has 78 heavy (non-hydrogen) atoms. The Labute approximate surface area is 448 Å². The molecule has 19 nitrogen and oxygen atoms in total. The molecule has 0 unspecified atom stereocenters. The Morgan fingerprint density at radius 2 is 1.58 bits per heavy atom. The van der Waals surface area contributed by atoms with Crippen molar-refractivity contribution in [3.8, 4) is 5.75 Å². The largest absolute Gasteiger partial charge is 0.488 e. The molecule has 0 radical (unpaired) electrons. The molecule has 4 aliphatic rings. The number of aromatic nitrogens is 2. The Morgan fingerprint density at radius 1 is 0.872 bits per heavy atom. The molecule has 4 heterocycles. The van der Waals surface area contributed by atoms with Crippen LogP contribution < -0.4 is 31.7 Å². The highest BCUT2D eigenvalue weighted by Gasteiger charge is 2.66. The van der Waals surface area contributed by atoms with Crippen molar-refractivity contribution < 1.29 is 74.4 Å². The second kappa shape index (κ2) is 27.0. The number of halogens is 5. The average Bonchev–Trinajstić information content (AvgIpc) is 4.12. The molecule has 6 amide bonds. The lowest BCUT2D eigenvalue weighted by molar-refractivity contribution is -0.272. The fraction of sp³-hybridized carbons (Fsp3) is 0.593. The van der Waals surface area contributed by atoms with Gasteiger partial charge < -0.3 is 55.6 Å². The molecule has 24 heteroatoms. The van der Waals surface area contributed by atoms with Gasteiger partial charge in [-0.25, -0.2) is 4.39 Å². The summed E-state index contributed by atoms with van der Waals surface area (Å²) in [4.78, 5) is 85.5. The zero-order valence-corrected chi connectivity index (χ0v) is 43.9. The number of alkyl halides is 3. The molecule has 2 aliphatic heterocycles. The van der Waals surface area contributed by atoms with Gasteiger partial charge in [-0.2, -0.15) is 17.6 Å². The first-order chi connectivity index (χ1) is 37.2. The van der Waals surface area contributed by atoms with Crippen molar-refractivity contribution in [3.05, 3.63) is 83.4 Å². The SMILES string of the molecule is C[C@H]1[C@@H](c2ccc(F)c(F)c2OCCOCCCNC(=O)C2CC(NC(=O)CCOCC3CCC(COCCNC(=O)[C@H]4CC(=O)N(C)[C@@H]4c4cccnc4)CC3)C2)[C@H](C(=O)Nc2ccnc(C(N)=O)c2)O[C@@]1(C)C(F)(F)F. The van der Waals surface area contributed by atoms with Crippen LogP contribution in [0.5, 0.6) is 5.75 Å². The highest BCUT2D eigenvalue weighted by atomic mass is 19.4. The number of anilines is 1. The van der Waals surface area contributed by atoms with E-state index in [1.54, 1.807) is 30.4 Å². The van der Waals surface area contributed by atoms with Gasteiger partial charge in [-0.05, 0) is 93.5 Å². The number of benzene rings is 1. The number of ether oxygens (including phenoxy) is 5. The van der Waals surface area contributed by atoms with Gasteiger partial charge in [0.15, 0.2) is 17.2 Å². The van der Waals surface area contributed by atoms with Crippen LogP contribution in [-0.2, 0) is 42.9 Å². The van der Waals surface area contributed by atoms with Crippen molar-refractivity contribution >= 4 is 41.1 Å². The summed E-state index contributed by atoms with van der Waals surface area (Å²) in [5.41, 5.74) is 2.70. The lowest BCUT2D eigenvalue weighted by Gasteiger charge is -2.34. The lowest BCUT2D eigenvalue weighted by Crippen LogP contribution is -2.49. The van der Waals surface area contributed by atoms with E-state index in [9.17, 15) is 46.3 Å². The minimum atomic E-state index is -4.99. The Balaban J connectivity index is 0.721. The Morgan fingerprint density at radius 3 is 2.26 bits per heavy atom. The summed E-state index contributed by atoms with van der Waals surface area (Å²) in [5, 5.41) is 11.1. The number of nitrogens with one attached hydrogen (secondary N) is 4. The maximum absolute atomic E-state index is 15.4. The second-order valence-electron chi connectivity index (χ2n) is 20.7. The smallest absolute Gasteiger partial charge is 0.417 e. The second-order valence-corrected chi connectivity index (χ2v) is 20.7. The summed E-state index contributed by atoms with van der Waals surface area (Å²) in [6.45, 7) is 4.06. The minimum absolute atomic E-state index is 0.0235. The van der Waals surface area contributed by atoms with Gasteiger partial charge in [0.05, 0.1) is 31.8 Å². The topological polar surface area (TPSA) is 252 Å². The summed E-state index contributed by atoms with van der Waals surface area (Å²) < 4.78 is 102. The molecule has 2 saturated heterocycles. The molecule has 426 valence electrons. The zero-order valence-electron chi connectivity index (χ0n) is 43.9. The van der Waals surface area contributed by atoms with Crippen LogP contribution in [0.1, 0.15) is 105 Å². The van der Waals surface area contributed by atoms with Gasteiger partial charge in [-0.15, -0.1) is 0 Å². The number of rotatable bonds is 26. The summed E-state index contributed by atoms with van der Waals surface area (Å²) in [6, 6.07) is 7.35. The van der Waals surface area contributed by atoms with Crippen LogP contribution >= 0.6 is 0 Å². The number of carbonyl (C=O) groups is 6. The van der Waals surface area contributed by atoms with Crippen molar-refractivity contribution in [2.24, 2.45) is 35.3 Å². The number of nitrogens with two attached hydrogens (primary N) is 1. The molecule has 0 spiro atoms. The molecule has 0 bridgehead atoms. The average molecular weight is 1100 g/mol. The first-order valence-electron chi connectivity index (χ1n) is 26.4. The van der Waals surface area contributed by atoms with Crippen LogP contribution in [-0.4, -0.2) is 141 Å². The fourth-order valence-corrected chi connectivity index (χ4v) is 10.6. The van der Waals surface area contributed by atoms with Crippen molar-refractivity contribution in [1.82, 2.24) is 30.8 Å². The van der Waals surface area contributed by atoms with E-state index in [2.05, 4.69) is 31.2 Å². The summed E-state index contributed by atoms with van der Waals surface area (Å²) in [6.07, 6.45) is 3.36. The van der Waals surface area contributed by atoms with E-state index in [-0.39, 0.29) is 97.8 Å². The fourth-order valence-electron chi connectivity index (χ4n) is 10.6. The van der Waals surface area contributed by atoms with Gasteiger partial charge >= 0.3 is 6.18 Å². The highest BCUT2D eigenvalue weighted by Crippen LogP contribution is 2.55. The van der Waals surface area contributed by atoms with Crippen LogP contribution in [0.25, 0.3) is 0 Å². The van der Waals surface area contributed by atoms with E-state index in [1.165, 1.54) is 13.0 Å². The normalized spacial score (nSPS) is 26.0. The number of primary amides is 1. The third kappa shape index (κ3) is 14.8. The van der Waals surface area contributed by atoms with E-state index in [0.29, 0.717) is 64.1 Å². The molecule has 4 fully saturated rings. The lowest BCUT2D eigenvalue weighted by atomic mass is 9.77. The van der Waals surface area contributed by atoms with Crippen molar-refractivity contribution in [2.75, 3.05) is 71.7 Å². The van der Waals surface area contributed by atoms with E-state index in [4.69, 9.17) is 29.4 Å². The van der Waals surface area contributed by atoms with E-state index < -0.39 is 64.8 Å². The molecular weight excluding hydrogens is 1030 g/mol. The first kappa shape index (κ1) is 59.3. The maximum atomic E-state index is 15.4. The van der Waals surface area contributed by atoms with Gasteiger partial charge in [0.25, 0.3) is 11.8 Å². The van der Waals surface area contributed by atoms with E-state index in [1.807, 2.05) is 6.07 Å². The third-order valence-electron chi connectivity index (χ3n) is 15.4. The Kier molecular flexibility index (Phi) is 20.5. The van der Waals surface area contributed by atoms with Crippen LogP contribution in [0, 0.1) is 41.2 Å². The number of likely N-dealkylation sites (tertiary alicyclic amines) is 1. The number of nitrogens with zero attached hydrogens (tertiary/aromatic N) is 3. The molecule has 6 N–H and O–H groups in total. The zero-order chi connectivity index (χ0) is 56.1. The predicted molar refractivity (Wildman–Crippen MR) is 270 cm³/mol. The number of hydrogen-bond donors (Lipinski definition) is 5.